The molecule has 3 aromatic heterocycles. The topological polar surface area (TPSA) is 97.3 Å². The third kappa shape index (κ3) is 3.44. The van der Waals surface area contributed by atoms with E-state index in [1.165, 1.54) is 0 Å². The second-order valence-electron chi connectivity index (χ2n) is 6.36. The number of nitrogens with zero attached hydrogens (tertiary/aromatic N) is 4. The number of piperidine rings is 1. The standard InChI is InChI=1S/C18H19N5O3/c1-12-10-17(26-22-12)19-18(24)13-4-2-8-23(11-13)16-7-6-14(20-21-16)15-5-3-9-25-15/h3,5-7,9-10,13H,2,4,8,11H2,1H3,(H,19,24). The largest absolute Gasteiger partial charge is 0.463 e. The summed E-state index contributed by atoms with van der Waals surface area (Å²) in [6, 6.07) is 9.15. The van der Waals surface area contributed by atoms with E-state index in [2.05, 4.69) is 25.6 Å². The van der Waals surface area contributed by atoms with E-state index in [1.807, 2.05) is 31.2 Å². The molecule has 0 aromatic carbocycles. The molecule has 0 aliphatic carbocycles. The molecule has 1 saturated heterocycles. The van der Waals surface area contributed by atoms with Crippen molar-refractivity contribution in [1.82, 2.24) is 15.4 Å². The molecule has 0 bridgehead atoms. The molecule has 1 unspecified atom stereocenters. The van der Waals surface area contributed by atoms with Crippen LogP contribution in [0.4, 0.5) is 11.7 Å². The fourth-order valence-corrected chi connectivity index (χ4v) is 3.09. The van der Waals surface area contributed by atoms with Gasteiger partial charge in [0.15, 0.2) is 11.6 Å². The lowest BCUT2D eigenvalue weighted by Crippen LogP contribution is -2.41. The van der Waals surface area contributed by atoms with E-state index in [-0.39, 0.29) is 11.8 Å². The first kappa shape index (κ1) is 16.3. The van der Waals surface area contributed by atoms with Crippen LogP contribution in [0, 0.1) is 12.8 Å². The van der Waals surface area contributed by atoms with Crippen molar-refractivity contribution in [2.75, 3.05) is 23.3 Å². The van der Waals surface area contributed by atoms with Crippen LogP contribution in [0.2, 0.25) is 0 Å². The van der Waals surface area contributed by atoms with Crippen LogP contribution in [-0.4, -0.2) is 34.4 Å². The molecule has 0 radical (unpaired) electrons. The fourth-order valence-electron chi connectivity index (χ4n) is 3.09. The Hall–Kier alpha value is -3.16. The molecule has 1 atom stereocenters. The highest BCUT2D eigenvalue weighted by Gasteiger charge is 2.27. The number of rotatable bonds is 4. The van der Waals surface area contributed by atoms with Crippen LogP contribution < -0.4 is 10.2 Å². The summed E-state index contributed by atoms with van der Waals surface area (Å²) in [5, 5.41) is 15.1. The Morgan fingerprint density at radius 1 is 1.31 bits per heavy atom. The fraction of sp³-hybridized carbons (Fsp3) is 0.333. The summed E-state index contributed by atoms with van der Waals surface area (Å²) in [4.78, 5) is 14.6. The molecule has 4 rings (SSSR count). The molecule has 4 heterocycles. The van der Waals surface area contributed by atoms with E-state index in [0.29, 0.717) is 23.9 Å². The SMILES string of the molecule is Cc1cc(NC(=O)C2CCCN(c3ccc(-c4ccco4)nn3)C2)on1. The zero-order valence-electron chi connectivity index (χ0n) is 14.4. The van der Waals surface area contributed by atoms with E-state index in [4.69, 9.17) is 8.94 Å². The van der Waals surface area contributed by atoms with Gasteiger partial charge in [-0.1, -0.05) is 5.16 Å². The van der Waals surface area contributed by atoms with Gasteiger partial charge in [-0.05, 0) is 44.0 Å². The second kappa shape index (κ2) is 6.99. The maximum absolute atomic E-state index is 12.5. The minimum atomic E-state index is -0.138. The summed E-state index contributed by atoms with van der Waals surface area (Å²) >= 11 is 0. The van der Waals surface area contributed by atoms with Gasteiger partial charge < -0.3 is 13.8 Å². The molecule has 1 aliphatic heterocycles. The van der Waals surface area contributed by atoms with Crippen molar-refractivity contribution in [3.05, 3.63) is 42.3 Å². The Morgan fingerprint density at radius 2 is 2.23 bits per heavy atom. The molecule has 1 aliphatic rings. The van der Waals surface area contributed by atoms with Crippen molar-refractivity contribution in [3.8, 4) is 11.5 Å². The average Bonchev–Trinajstić information content (AvgIpc) is 3.34. The first-order chi connectivity index (χ1) is 12.7. The van der Waals surface area contributed by atoms with E-state index in [0.717, 1.165) is 30.9 Å². The summed E-state index contributed by atoms with van der Waals surface area (Å²) < 4.78 is 10.4. The van der Waals surface area contributed by atoms with Crippen LogP contribution in [0.1, 0.15) is 18.5 Å². The third-order valence-electron chi connectivity index (χ3n) is 4.41. The van der Waals surface area contributed by atoms with Crippen molar-refractivity contribution in [3.63, 3.8) is 0 Å². The molecule has 1 N–H and O–H groups in total. The number of amides is 1. The number of nitrogens with one attached hydrogen (secondary N) is 1. The summed E-state index contributed by atoms with van der Waals surface area (Å²) in [5.74, 6) is 1.62. The Kier molecular flexibility index (Phi) is 4.39. The highest BCUT2D eigenvalue weighted by atomic mass is 16.5. The van der Waals surface area contributed by atoms with Gasteiger partial charge in [0.05, 0.1) is 17.9 Å². The molecule has 8 heteroatoms. The predicted molar refractivity (Wildman–Crippen MR) is 94.5 cm³/mol. The highest BCUT2D eigenvalue weighted by molar-refractivity contribution is 5.91. The molecule has 1 amide bonds. The molecule has 1 fully saturated rings. The average molecular weight is 353 g/mol. The molecular formula is C18H19N5O3. The predicted octanol–water partition coefficient (Wildman–Crippen LogP) is 2.89. The number of carbonyl (C=O) groups excluding carboxylic acids is 1. The summed E-state index contributed by atoms with van der Waals surface area (Å²) in [6.07, 6.45) is 3.34. The number of carbonyl (C=O) groups is 1. The maximum atomic E-state index is 12.5. The lowest BCUT2D eigenvalue weighted by atomic mass is 9.97. The smallest absolute Gasteiger partial charge is 0.231 e. The summed E-state index contributed by atoms with van der Waals surface area (Å²) in [5.41, 5.74) is 1.42. The van der Waals surface area contributed by atoms with Gasteiger partial charge in [0, 0.05) is 19.2 Å². The summed E-state index contributed by atoms with van der Waals surface area (Å²) in [6.45, 7) is 3.25. The van der Waals surface area contributed by atoms with Gasteiger partial charge in [-0.3, -0.25) is 10.1 Å². The minimum absolute atomic E-state index is 0.0639. The van der Waals surface area contributed by atoms with Crippen LogP contribution in [-0.2, 0) is 4.79 Å². The van der Waals surface area contributed by atoms with Crippen LogP contribution in [0.25, 0.3) is 11.5 Å². The number of hydrogen-bond donors (Lipinski definition) is 1. The number of aromatic nitrogens is 3. The Balaban J connectivity index is 1.42. The van der Waals surface area contributed by atoms with Crippen molar-refractivity contribution in [1.29, 1.82) is 0 Å². The molecule has 8 nitrogen and oxygen atoms in total. The normalized spacial score (nSPS) is 17.3. The van der Waals surface area contributed by atoms with Gasteiger partial charge in [-0.25, -0.2) is 0 Å². The van der Waals surface area contributed by atoms with Gasteiger partial charge in [0.2, 0.25) is 11.8 Å². The first-order valence-corrected chi connectivity index (χ1v) is 8.56. The molecule has 0 saturated carbocycles. The number of furan rings is 1. The molecule has 134 valence electrons. The number of hydrogen-bond acceptors (Lipinski definition) is 7. The lowest BCUT2D eigenvalue weighted by molar-refractivity contribution is -0.120. The third-order valence-corrected chi connectivity index (χ3v) is 4.41. The van der Waals surface area contributed by atoms with Crippen LogP contribution in [0.3, 0.4) is 0 Å². The van der Waals surface area contributed by atoms with E-state index < -0.39 is 0 Å². The van der Waals surface area contributed by atoms with E-state index in [1.54, 1.807) is 12.3 Å². The maximum Gasteiger partial charge on any atom is 0.231 e. The Bertz CT molecular complexity index is 873. The lowest BCUT2D eigenvalue weighted by Gasteiger charge is -2.32. The molecule has 3 aromatic rings. The molecular weight excluding hydrogens is 334 g/mol. The monoisotopic (exact) mass is 353 g/mol. The van der Waals surface area contributed by atoms with Crippen molar-refractivity contribution in [2.45, 2.75) is 19.8 Å². The van der Waals surface area contributed by atoms with Crippen molar-refractivity contribution in [2.24, 2.45) is 5.92 Å². The van der Waals surface area contributed by atoms with Gasteiger partial charge in [-0.15, -0.1) is 10.2 Å². The van der Waals surface area contributed by atoms with Gasteiger partial charge in [0.1, 0.15) is 5.69 Å². The van der Waals surface area contributed by atoms with Gasteiger partial charge >= 0.3 is 0 Å². The van der Waals surface area contributed by atoms with Crippen LogP contribution in [0.5, 0.6) is 0 Å². The van der Waals surface area contributed by atoms with E-state index in [9.17, 15) is 4.79 Å². The number of aryl methyl sites for hydroxylation is 1. The Labute approximate surface area is 150 Å². The van der Waals surface area contributed by atoms with Crippen LogP contribution >= 0.6 is 0 Å². The number of anilines is 2. The molecule has 0 spiro atoms. The van der Waals surface area contributed by atoms with Gasteiger partial charge in [-0.2, -0.15) is 0 Å². The van der Waals surface area contributed by atoms with Crippen molar-refractivity contribution >= 4 is 17.6 Å². The van der Waals surface area contributed by atoms with Crippen molar-refractivity contribution < 1.29 is 13.7 Å². The zero-order chi connectivity index (χ0) is 17.9. The highest BCUT2D eigenvalue weighted by Crippen LogP contribution is 2.24. The molecule has 26 heavy (non-hydrogen) atoms. The quantitative estimate of drug-likeness (QED) is 0.770. The first-order valence-electron chi connectivity index (χ1n) is 8.56. The van der Waals surface area contributed by atoms with E-state index >= 15 is 0 Å². The minimum Gasteiger partial charge on any atom is -0.463 e. The van der Waals surface area contributed by atoms with Gasteiger partial charge in [0.25, 0.3) is 0 Å². The van der Waals surface area contributed by atoms with Crippen LogP contribution in [0.15, 0.2) is 45.5 Å². The Morgan fingerprint density at radius 3 is 2.92 bits per heavy atom. The zero-order valence-corrected chi connectivity index (χ0v) is 14.4. The summed E-state index contributed by atoms with van der Waals surface area (Å²) in [7, 11) is 0. The second-order valence-corrected chi connectivity index (χ2v) is 6.36.